The summed E-state index contributed by atoms with van der Waals surface area (Å²) in [6.45, 7) is 0.172. The van der Waals surface area contributed by atoms with Crippen molar-refractivity contribution in [1.29, 1.82) is 0 Å². The van der Waals surface area contributed by atoms with Gasteiger partial charge in [0.15, 0.2) is 5.82 Å². The Labute approximate surface area is 87.7 Å². The third-order valence-electron chi connectivity index (χ3n) is 2.95. The highest BCUT2D eigenvalue weighted by atomic mass is 16.5. The lowest BCUT2D eigenvalue weighted by molar-refractivity contribution is 0.264. The number of aliphatic hydroxyl groups excluding tert-OH is 1. The predicted molar refractivity (Wildman–Crippen MR) is 53.7 cm³/mol. The molecule has 84 valence electrons. The monoisotopic (exact) mass is 212 g/mol. The van der Waals surface area contributed by atoms with Crippen LogP contribution in [0.2, 0.25) is 0 Å². The lowest BCUT2D eigenvalue weighted by atomic mass is 10.1. The average Bonchev–Trinajstić information content (AvgIpc) is 2.50. The fourth-order valence-electron chi connectivity index (χ4n) is 2.20. The van der Waals surface area contributed by atoms with Crippen LogP contribution in [0.25, 0.3) is 0 Å². The molecule has 0 radical (unpaired) electrons. The lowest BCUT2D eigenvalue weighted by Crippen LogP contribution is -2.22. The van der Waals surface area contributed by atoms with E-state index >= 15 is 0 Å². The fraction of sp³-hybridized carbons (Fsp3) is 0.800. The Hall–Kier alpha value is -1.10. The molecule has 1 aliphatic rings. The minimum Gasteiger partial charge on any atom is -0.396 e. The molecule has 0 saturated heterocycles. The highest BCUT2D eigenvalue weighted by molar-refractivity contribution is 4.91. The van der Waals surface area contributed by atoms with Gasteiger partial charge in [0.05, 0.1) is 0 Å². The van der Waals surface area contributed by atoms with Crippen LogP contribution in [0.4, 0.5) is 0 Å². The van der Waals surface area contributed by atoms with E-state index in [9.17, 15) is 4.79 Å². The largest absolute Gasteiger partial charge is 0.441 e. The SMILES string of the molecule is O=c1onc2n1C(CCCO)CCCC2. The van der Waals surface area contributed by atoms with Crippen LogP contribution >= 0.6 is 0 Å². The van der Waals surface area contributed by atoms with Gasteiger partial charge in [-0.3, -0.25) is 9.09 Å². The van der Waals surface area contributed by atoms with Crippen LogP contribution in [0.15, 0.2) is 9.32 Å². The van der Waals surface area contributed by atoms with Gasteiger partial charge in [0.2, 0.25) is 0 Å². The first-order chi connectivity index (χ1) is 7.33. The van der Waals surface area contributed by atoms with E-state index < -0.39 is 0 Å². The van der Waals surface area contributed by atoms with Crippen LogP contribution in [-0.4, -0.2) is 21.4 Å². The third-order valence-corrected chi connectivity index (χ3v) is 2.95. The minimum atomic E-state index is -0.352. The number of aromatic nitrogens is 2. The zero-order valence-corrected chi connectivity index (χ0v) is 8.69. The normalized spacial score (nSPS) is 21.0. The standard InChI is InChI=1S/C10H16N2O3/c13-7-3-5-8-4-1-2-6-9-11-15-10(14)12(8)9/h8,13H,1-7H2. The van der Waals surface area contributed by atoms with Gasteiger partial charge < -0.3 is 5.11 Å². The van der Waals surface area contributed by atoms with Crippen LogP contribution in [-0.2, 0) is 6.42 Å². The topological polar surface area (TPSA) is 68.3 Å². The summed E-state index contributed by atoms with van der Waals surface area (Å²) >= 11 is 0. The maximum atomic E-state index is 11.5. The second-order valence-corrected chi connectivity index (χ2v) is 4.00. The Bertz CT molecular complexity index is 369. The first-order valence-corrected chi connectivity index (χ1v) is 5.51. The Morgan fingerprint density at radius 2 is 2.40 bits per heavy atom. The molecule has 2 rings (SSSR count). The zero-order valence-electron chi connectivity index (χ0n) is 8.69. The predicted octanol–water partition coefficient (Wildman–Crippen LogP) is 0.876. The van der Waals surface area contributed by atoms with E-state index in [-0.39, 0.29) is 18.4 Å². The summed E-state index contributed by atoms with van der Waals surface area (Å²) in [5.41, 5.74) is 0. The quantitative estimate of drug-likeness (QED) is 0.807. The van der Waals surface area contributed by atoms with Crippen molar-refractivity contribution in [3.63, 3.8) is 0 Å². The second-order valence-electron chi connectivity index (χ2n) is 4.00. The molecule has 1 unspecified atom stereocenters. The van der Waals surface area contributed by atoms with Crippen molar-refractivity contribution < 1.29 is 9.63 Å². The average molecular weight is 212 g/mol. The Morgan fingerprint density at radius 3 is 3.20 bits per heavy atom. The minimum absolute atomic E-state index is 0.161. The van der Waals surface area contributed by atoms with Crippen LogP contribution in [0, 0.1) is 0 Å². The summed E-state index contributed by atoms with van der Waals surface area (Å²) in [6.07, 6.45) is 5.52. The van der Waals surface area contributed by atoms with Crippen molar-refractivity contribution in [3.05, 3.63) is 16.4 Å². The van der Waals surface area contributed by atoms with Gasteiger partial charge in [-0.15, -0.1) is 0 Å². The van der Waals surface area contributed by atoms with Gasteiger partial charge in [0.25, 0.3) is 0 Å². The second kappa shape index (κ2) is 4.61. The van der Waals surface area contributed by atoms with E-state index in [1.807, 2.05) is 0 Å². The van der Waals surface area contributed by atoms with Gasteiger partial charge in [-0.2, -0.15) is 0 Å². The smallest absolute Gasteiger partial charge is 0.396 e. The number of fused-ring (bicyclic) bond motifs is 1. The third kappa shape index (κ3) is 2.12. The molecule has 0 saturated carbocycles. The number of aliphatic hydroxyl groups is 1. The molecule has 5 heteroatoms. The van der Waals surface area contributed by atoms with Gasteiger partial charge in [-0.05, 0) is 25.7 Å². The van der Waals surface area contributed by atoms with Crippen LogP contribution in [0.5, 0.6) is 0 Å². The maximum Gasteiger partial charge on any atom is 0.441 e. The van der Waals surface area contributed by atoms with E-state index in [1.54, 1.807) is 4.57 Å². The molecule has 1 N–H and O–H groups in total. The van der Waals surface area contributed by atoms with Crippen molar-refractivity contribution in [1.82, 2.24) is 9.72 Å². The molecule has 0 aliphatic carbocycles. The number of aryl methyl sites for hydroxylation is 1. The molecule has 0 bridgehead atoms. The van der Waals surface area contributed by atoms with Crippen molar-refractivity contribution in [2.75, 3.05) is 6.61 Å². The molecule has 5 nitrogen and oxygen atoms in total. The van der Waals surface area contributed by atoms with Gasteiger partial charge in [0.1, 0.15) is 0 Å². The molecule has 0 amide bonds. The number of nitrogens with zero attached hydrogens (tertiary/aromatic N) is 2. The molecule has 1 aromatic rings. The molecule has 1 aliphatic heterocycles. The van der Waals surface area contributed by atoms with Crippen LogP contribution in [0.3, 0.4) is 0 Å². The van der Waals surface area contributed by atoms with Crippen molar-refractivity contribution in [3.8, 4) is 0 Å². The molecule has 0 fully saturated rings. The molecule has 15 heavy (non-hydrogen) atoms. The van der Waals surface area contributed by atoms with Crippen molar-refractivity contribution in [2.45, 2.75) is 44.6 Å². The molecular weight excluding hydrogens is 196 g/mol. The van der Waals surface area contributed by atoms with Crippen molar-refractivity contribution >= 4 is 0 Å². The zero-order chi connectivity index (χ0) is 10.7. The molecule has 1 atom stereocenters. The highest BCUT2D eigenvalue weighted by Gasteiger charge is 2.22. The van der Waals surface area contributed by atoms with Gasteiger partial charge in [-0.1, -0.05) is 11.6 Å². The van der Waals surface area contributed by atoms with Crippen LogP contribution < -0.4 is 5.76 Å². The van der Waals surface area contributed by atoms with E-state index in [1.165, 1.54) is 0 Å². The number of hydrogen-bond acceptors (Lipinski definition) is 4. The number of rotatable bonds is 3. The first kappa shape index (κ1) is 10.4. The maximum absolute atomic E-state index is 11.5. The summed E-state index contributed by atoms with van der Waals surface area (Å²) in [6, 6.07) is 0.161. The summed E-state index contributed by atoms with van der Waals surface area (Å²) in [5.74, 6) is 0.412. The number of hydrogen-bond donors (Lipinski definition) is 1. The van der Waals surface area contributed by atoms with Crippen molar-refractivity contribution in [2.24, 2.45) is 0 Å². The summed E-state index contributed by atoms with van der Waals surface area (Å²) in [5, 5.41) is 12.6. The highest BCUT2D eigenvalue weighted by Crippen LogP contribution is 2.24. The summed E-state index contributed by atoms with van der Waals surface area (Å²) in [7, 11) is 0. The Morgan fingerprint density at radius 1 is 1.53 bits per heavy atom. The summed E-state index contributed by atoms with van der Waals surface area (Å²) in [4.78, 5) is 11.5. The Balaban J connectivity index is 2.23. The van der Waals surface area contributed by atoms with Gasteiger partial charge in [-0.25, -0.2) is 4.79 Å². The molecule has 1 aromatic heterocycles. The molecule has 0 spiro atoms. The summed E-state index contributed by atoms with van der Waals surface area (Å²) < 4.78 is 6.35. The van der Waals surface area contributed by atoms with E-state index in [4.69, 9.17) is 5.11 Å². The van der Waals surface area contributed by atoms with E-state index in [0.29, 0.717) is 0 Å². The Kier molecular flexibility index (Phi) is 3.20. The molecule has 2 heterocycles. The van der Waals surface area contributed by atoms with E-state index in [2.05, 4.69) is 9.68 Å². The van der Waals surface area contributed by atoms with Crippen LogP contribution in [0.1, 0.15) is 44.0 Å². The lowest BCUT2D eigenvalue weighted by Gasteiger charge is -2.14. The van der Waals surface area contributed by atoms with E-state index in [0.717, 1.165) is 44.3 Å². The molecular formula is C10H16N2O3. The van der Waals surface area contributed by atoms with Gasteiger partial charge >= 0.3 is 5.76 Å². The first-order valence-electron chi connectivity index (χ1n) is 5.51. The van der Waals surface area contributed by atoms with Gasteiger partial charge in [0, 0.05) is 19.1 Å². The molecule has 0 aromatic carbocycles. The fourth-order valence-corrected chi connectivity index (χ4v) is 2.20.